The Bertz CT molecular complexity index is 634. The van der Waals surface area contributed by atoms with Gasteiger partial charge in [-0.05, 0) is 24.3 Å². The number of nitrogens with one attached hydrogen (secondary N) is 2. The molecule has 0 amide bonds. The molecule has 0 aromatic carbocycles. The molecule has 2 aliphatic rings. The second-order valence-corrected chi connectivity index (χ2v) is 5.53. The lowest BCUT2D eigenvalue weighted by molar-refractivity contribution is 0.401. The smallest absolute Gasteiger partial charge is 0.244 e. The first-order chi connectivity index (χ1) is 9.88. The number of ether oxygens (including phenoxy) is 1. The number of pyridine rings is 1. The van der Waals surface area contributed by atoms with Crippen LogP contribution in [0.1, 0.15) is 24.3 Å². The molecule has 1 aliphatic heterocycles. The fraction of sp³-hybridized carbons (Fsp3) is 0.571. The number of methoxy groups -OCH3 is 1. The van der Waals surface area contributed by atoms with Crippen LogP contribution in [0.25, 0.3) is 11.0 Å². The van der Waals surface area contributed by atoms with Gasteiger partial charge in [-0.2, -0.15) is 0 Å². The van der Waals surface area contributed by atoms with Crippen LogP contribution in [0.5, 0.6) is 5.88 Å². The first kappa shape index (κ1) is 14.4. The molecule has 2 aromatic rings. The van der Waals surface area contributed by atoms with Gasteiger partial charge in [0.1, 0.15) is 5.39 Å². The summed E-state index contributed by atoms with van der Waals surface area (Å²) < 4.78 is 5.43. The molecule has 1 saturated carbocycles. The topological polar surface area (TPSA) is 66.1 Å². The van der Waals surface area contributed by atoms with E-state index in [2.05, 4.69) is 25.4 Å². The Kier molecular flexibility index (Phi) is 3.91. The highest BCUT2D eigenvalue weighted by Gasteiger charge is 2.31. The van der Waals surface area contributed by atoms with Gasteiger partial charge in [0.25, 0.3) is 0 Å². The number of hydrogen-bond donors (Lipinski definition) is 2. The molecular weight excluding hydrogens is 290 g/mol. The Morgan fingerprint density at radius 3 is 2.71 bits per heavy atom. The van der Waals surface area contributed by atoms with Crippen molar-refractivity contribution in [1.29, 1.82) is 0 Å². The van der Waals surface area contributed by atoms with Gasteiger partial charge in [-0.25, -0.2) is 4.98 Å². The molecule has 0 spiro atoms. The number of nitrogens with zero attached hydrogens (tertiary/aromatic N) is 3. The maximum Gasteiger partial charge on any atom is 0.244 e. The van der Waals surface area contributed by atoms with Crippen molar-refractivity contribution in [2.24, 2.45) is 0 Å². The van der Waals surface area contributed by atoms with Gasteiger partial charge >= 0.3 is 0 Å². The van der Waals surface area contributed by atoms with Gasteiger partial charge in [-0.15, -0.1) is 17.5 Å². The lowest BCUT2D eigenvalue weighted by Gasteiger charge is -2.31. The molecule has 1 aliphatic carbocycles. The van der Waals surface area contributed by atoms with Crippen molar-refractivity contribution in [3.8, 4) is 5.88 Å². The van der Waals surface area contributed by atoms with Crippen LogP contribution in [0, 0.1) is 0 Å². The van der Waals surface area contributed by atoms with Crippen molar-refractivity contribution in [3.63, 3.8) is 0 Å². The highest BCUT2D eigenvalue weighted by molar-refractivity contribution is 5.96. The Morgan fingerprint density at radius 1 is 1.29 bits per heavy atom. The molecule has 0 atom stereocenters. The van der Waals surface area contributed by atoms with Crippen LogP contribution in [-0.2, 0) is 0 Å². The predicted molar refractivity (Wildman–Crippen MR) is 84.7 cm³/mol. The van der Waals surface area contributed by atoms with E-state index in [0.717, 1.165) is 37.2 Å². The van der Waals surface area contributed by atoms with Crippen LogP contribution < -0.4 is 15.0 Å². The van der Waals surface area contributed by atoms with Crippen molar-refractivity contribution in [2.75, 3.05) is 38.2 Å². The molecule has 114 valence electrons. The first-order valence-electron chi connectivity index (χ1n) is 7.25. The van der Waals surface area contributed by atoms with Crippen LogP contribution in [-0.4, -0.2) is 48.5 Å². The van der Waals surface area contributed by atoms with Gasteiger partial charge in [-0.1, -0.05) is 0 Å². The van der Waals surface area contributed by atoms with E-state index in [0.29, 0.717) is 11.8 Å². The number of piperazine rings is 1. The van der Waals surface area contributed by atoms with Crippen molar-refractivity contribution >= 4 is 29.1 Å². The lowest BCUT2D eigenvalue weighted by Crippen LogP contribution is -2.44. The first-order valence-corrected chi connectivity index (χ1v) is 7.25. The number of H-pyrrole nitrogens is 1. The third-order valence-electron chi connectivity index (χ3n) is 4.20. The largest absolute Gasteiger partial charge is 0.479 e. The minimum atomic E-state index is 0. The summed E-state index contributed by atoms with van der Waals surface area (Å²) in [5.41, 5.74) is 3.46. The monoisotopic (exact) mass is 309 g/mol. The molecule has 2 fully saturated rings. The van der Waals surface area contributed by atoms with Gasteiger partial charge in [0.05, 0.1) is 12.8 Å². The average Bonchev–Trinajstić information content (AvgIpc) is 3.26. The van der Waals surface area contributed by atoms with Gasteiger partial charge in [0.2, 0.25) is 5.88 Å². The molecule has 2 N–H and O–H groups in total. The Labute approximate surface area is 129 Å². The van der Waals surface area contributed by atoms with E-state index >= 15 is 0 Å². The van der Waals surface area contributed by atoms with E-state index in [4.69, 9.17) is 4.74 Å². The number of aromatic amines is 1. The zero-order valence-corrected chi connectivity index (χ0v) is 12.9. The highest BCUT2D eigenvalue weighted by atomic mass is 35.5. The normalized spacial score (nSPS) is 18.6. The molecule has 21 heavy (non-hydrogen) atoms. The number of hydrogen-bond acceptors (Lipinski definition) is 5. The Balaban J connectivity index is 0.00000132. The zero-order chi connectivity index (χ0) is 13.5. The van der Waals surface area contributed by atoms with Crippen LogP contribution >= 0.6 is 12.4 Å². The molecule has 7 heteroatoms. The summed E-state index contributed by atoms with van der Waals surface area (Å²) in [5.74, 6) is 1.32. The van der Waals surface area contributed by atoms with Crippen LogP contribution in [0.3, 0.4) is 0 Å². The van der Waals surface area contributed by atoms with Gasteiger partial charge < -0.3 is 15.0 Å². The van der Waals surface area contributed by atoms with Gasteiger partial charge in [0, 0.05) is 32.4 Å². The van der Waals surface area contributed by atoms with E-state index in [9.17, 15) is 0 Å². The standard InChI is InChI=1S/C14H19N5O.ClH/c1-20-14-11-12(19-6-4-15-5-7-19)10(9-2-3-9)8-16-13(11)17-18-14;/h8-9,15H,2-7H2,1H3,(H,16,17,18);1H. The molecule has 2 aromatic heterocycles. The third kappa shape index (κ3) is 2.42. The SMILES string of the molecule is COc1n[nH]c2ncc(C3CC3)c(N3CCNCC3)c12.Cl. The minimum absolute atomic E-state index is 0. The molecule has 0 bridgehead atoms. The Hall–Kier alpha value is -1.53. The number of rotatable bonds is 3. The van der Waals surface area contributed by atoms with Crippen molar-refractivity contribution in [3.05, 3.63) is 11.8 Å². The van der Waals surface area contributed by atoms with Gasteiger partial charge in [0.15, 0.2) is 5.65 Å². The number of halogens is 1. The quantitative estimate of drug-likeness (QED) is 0.903. The highest BCUT2D eigenvalue weighted by Crippen LogP contribution is 2.47. The van der Waals surface area contributed by atoms with Crippen LogP contribution in [0.2, 0.25) is 0 Å². The van der Waals surface area contributed by atoms with E-state index < -0.39 is 0 Å². The predicted octanol–water partition coefficient (Wildman–Crippen LogP) is 1.68. The van der Waals surface area contributed by atoms with E-state index in [-0.39, 0.29) is 12.4 Å². The lowest BCUT2D eigenvalue weighted by atomic mass is 10.1. The van der Waals surface area contributed by atoms with Crippen molar-refractivity contribution in [1.82, 2.24) is 20.5 Å². The second-order valence-electron chi connectivity index (χ2n) is 5.53. The third-order valence-corrected chi connectivity index (χ3v) is 4.20. The van der Waals surface area contributed by atoms with Crippen LogP contribution in [0.4, 0.5) is 5.69 Å². The minimum Gasteiger partial charge on any atom is -0.479 e. The average molecular weight is 310 g/mol. The van der Waals surface area contributed by atoms with Crippen molar-refractivity contribution < 1.29 is 4.74 Å². The number of fused-ring (bicyclic) bond motifs is 1. The fourth-order valence-electron chi connectivity index (χ4n) is 3.03. The van der Waals surface area contributed by atoms with Crippen LogP contribution in [0.15, 0.2) is 6.20 Å². The second kappa shape index (κ2) is 5.69. The maximum atomic E-state index is 5.43. The summed E-state index contributed by atoms with van der Waals surface area (Å²) in [6.07, 6.45) is 4.56. The molecular formula is C14H20ClN5O. The Morgan fingerprint density at radius 2 is 2.05 bits per heavy atom. The maximum absolute atomic E-state index is 5.43. The molecule has 1 saturated heterocycles. The molecule has 6 nitrogen and oxygen atoms in total. The summed E-state index contributed by atoms with van der Waals surface area (Å²) >= 11 is 0. The number of anilines is 1. The summed E-state index contributed by atoms with van der Waals surface area (Å²) in [5, 5.41) is 11.7. The number of aromatic nitrogens is 3. The summed E-state index contributed by atoms with van der Waals surface area (Å²) in [6, 6.07) is 0. The van der Waals surface area contributed by atoms with Gasteiger partial charge in [-0.3, -0.25) is 5.10 Å². The zero-order valence-electron chi connectivity index (χ0n) is 12.1. The van der Waals surface area contributed by atoms with E-state index in [1.54, 1.807) is 7.11 Å². The summed E-state index contributed by atoms with van der Waals surface area (Å²) in [7, 11) is 1.67. The molecule has 3 heterocycles. The van der Waals surface area contributed by atoms with E-state index in [1.165, 1.54) is 24.1 Å². The summed E-state index contributed by atoms with van der Waals surface area (Å²) in [4.78, 5) is 6.98. The van der Waals surface area contributed by atoms with Crippen molar-refractivity contribution in [2.45, 2.75) is 18.8 Å². The molecule has 0 unspecified atom stereocenters. The fourth-order valence-corrected chi connectivity index (χ4v) is 3.03. The molecule has 4 rings (SSSR count). The van der Waals surface area contributed by atoms with E-state index in [1.807, 2.05) is 6.20 Å². The molecule has 0 radical (unpaired) electrons. The summed E-state index contributed by atoms with van der Waals surface area (Å²) in [6.45, 7) is 4.09.